The summed E-state index contributed by atoms with van der Waals surface area (Å²) in [5, 5.41) is 29.5. The minimum Gasteiger partial charge on any atom is -0.358 e. The van der Waals surface area contributed by atoms with E-state index in [0.29, 0.717) is 0 Å². The predicted octanol–water partition coefficient (Wildman–Crippen LogP) is -1.45. The Morgan fingerprint density at radius 3 is 1.00 bits per heavy atom. The van der Waals surface area contributed by atoms with Crippen molar-refractivity contribution in [2.45, 2.75) is 25.7 Å². The smallest absolute Gasteiger partial charge is 0.0739 e. The Morgan fingerprint density at radius 2 is 0.875 bits per heavy atom. The first-order chi connectivity index (χ1) is 7.38. The fourth-order valence-corrected chi connectivity index (χ4v) is 0.707. The number of rotatable bonds is 5. The van der Waals surface area contributed by atoms with Gasteiger partial charge in [0.25, 0.3) is 0 Å². The summed E-state index contributed by atoms with van der Waals surface area (Å²) in [5.74, 6) is 0. The minimum absolute atomic E-state index is 1.09. The van der Waals surface area contributed by atoms with Crippen LogP contribution in [0.4, 0.5) is 0 Å². The Labute approximate surface area is 92.1 Å². The largest absolute Gasteiger partial charge is 0.358 e. The van der Waals surface area contributed by atoms with Crippen LogP contribution in [0.25, 0.3) is 0 Å². The highest BCUT2D eigenvalue weighted by molar-refractivity contribution is 4.38. The molecule has 0 bridgehead atoms. The third kappa shape index (κ3) is 143. The average molecular weight is 242 g/mol. The van der Waals surface area contributed by atoms with Gasteiger partial charge in [0, 0.05) is 0 Å². The molecule has 0 aromatic heterocycles. The van der Waals surface area contributed by atoms with Crippen molar-refractivity contribution in [2.75, 3.05) is 13.1 Å². The van der Waals surface area contributed by atoms with E-state index in [1.165, 1.54) is 25.7 Å². The molecule has 16 heavy (non-hydrogen) atoms. The third-order valence-corrected chi connectivity index (χ3v) is 1.25. The van der Waals surface area contributed by atoms with Gasteiger partial charge >= 0.3 is 0 Å². The van der Waals surface area contributed by atoms with E-state index in [0.717, 1.165) is 13.1 Å². The Balaban J connectivity index is -0.000000179. The van der Waals surface area contributed by atoms with Crippen molar-refractivity contribution in [3.8, 4) is 0 Å². The van der Waals surface area contributed by atoms with Gasteiger partial charge in [0.05, 0.1) is 23.3 Å². The Morgan fingerprint density at radius 1 is 0.688 bits per heavy atom. The maximum atomic E-state index is 8.25. The molecule has 0 aromatic rings. The van der Waals surface area contributed by atoms with Crippen LogP contribution in [-0.4, -0.2) is 23.3 Å². The summed E-state index contributed by atoms with van der Waals surface area (Å²) >= 11 is 0. The van der Waals surface area contributed by atoms with Crippen molar-refractivity contribution in [1.29, 1.82) is 0 Å². The Bertz CT molecular complexity index is 141. The van der Waals surface area contributed by atoms with Crippen molar-refractivity contribution >= 4 is 0 Å². The van der Waals surface area contributed by atoms with Crippen LogP contribution in [0.15, 0.2) is 0 Å². The fourth-order valence-electron chi connectivity index (χ4n) is 0.707. The first kappa shape index (κ1) is 19.8. The van der Waals surface area contributed by atoms with Gasteiger partial charge in [-0.2, -0.15) is 0 Å². The molecule has 0 aliphatic carbocycles. The van der Waals surface area contributed by atoms with Gasteiger partial charge in [-0.05, 0) is 25.7 Å². The zero-order valence-corrected chi connectivity index (χ0v) is 9.00. The molecule has 0 rings (SSSR count). The highest BCUT2D eigenvalue weighted by Gasteiger charge is 1.86. The summed E-state index contributed by atoms with van der Waals surface area (Å²) in [6.45, 7) is 2.19. The lowest BCUT2D eigenvalue weighted by Gasteiger charge is -1.91. The van der Waals surface area contributed by atoms with E-state index in [9.17, 15) is 0 Å². The van der Waals surface area contributed by atoms with Crippen LogP contribution in [0, 0.1) is 30.6 Å². The second-order valence-corrected chi connectivity index (χ2v) is 2.57. The Kier molecular flexibility index (Phi) is 23.5. The number of unbranched alkanes of at least 4 members (excludes halogenated alkanes) is 3. The molecule has 0 heterocycles. The van der Waals surface area contributed by atoms with Gasteiger partial charge in [0.2, 0.25) is 0 Å². The average Bonchev–Trinajstić information content (AvgIpc) is 2.11. The monoisotopic (exact) mass is 242 g/mol. The lowest BCUT2D eigenvalue weighted by Crippen LogP contribution is -2.50. The van der Waals surface area contributed by atoms with Gasteiger partial charge in [-0.1, -0.05) is 0 Å². The van der Waals surface area contributed by atoms with Crippen molar-refractivity contribution < 1.29 is 21.6 Å². The summed E-state index contributed by atoms with van der Waals surface area (Å²) in [6, 6.07) is 0. The van der Waals surface area contributed by atoms with Crippen LogP contribution in [-0.2, 0) is 0 Å². The van der Waals surface area contributed by atoms with E-state index in [1.54, 1.807) is 0 Å². The van der Waals surface area contributed by atoms with Crippen LogP contribution in [0.5, 0.6) is 0 Å². The summed E-state index contributed by atoms with van der Waals surface area (Å²) in [7, 11) is 0. The number of hydrogen-bond donors (Lipinski definition) is 2. The number of nitrogens with zero attached hydrogens (tertiary/aromatic N) is 2. The van der Waals surface area contributed by atoms with Crippen molar-refractivity contribution in [3.63, 3.8) is 0 Å². The molecule has 0 aliphatic rings. The summed E-state index contributed by atoms with van der Waals surface area (Å²) < 4.78 is 0. The molecule has 0 spiro atoms. The maximum absolute atomic E-state index is 8.25. The first-order valence-electron chi connectivity index (χ1n) is 4.60. The van der Waals surface area contributed by atoms with E-state index in [4.69, 9.17) is 30.6 Å². The molecule has 6 N–H and O–H groups in total. The molecular weight excluding hydrogens is 224 g/mol. The van der Waals surface area contributed by atoms with Crippen LogP contribution in [0.2, 0.25) is 0 Å². The van der Waals surface area contributed by atoms with E-state index in [-0.39, 0.29) is 0 Å². The Hall–Kier alpha value is -1.68. The van der Waals surface area contributed by atoms with Gasteiger partial charge in [-0.25, -0.2) is 0 Å². The van der Waals surface area contributed by atoms with E-state index in [2.05, 4.69) is 11.5 Å². The van der Waals surface area contributed by atoms with Crippen molar-refractivity contribution in [3.05, 3.63) is 30.6 Å². The van der Waals surface area contributed by atoms with E-state index >= 15 is 0 Å². The third-order valence-electron chi connectivity index (χ3n) is 1.25. The molecular formula is C6H18N4O6. The topological polar surface area (TPSA) is 188 Å². The van der Waals surface area contributed by atoms with Gasteiger partial charge in [-0.15, -0.1) is 0 Å². The molecule has 0 radical (unpaired) electrons. The normalized spacial score (nSPS) is 7.88. The van der Waals surface area contributed by atoms with Gasteiger partial charge in [-0.3, -0.25) is 0 Å². The van der Waals surface area contributed by atoms with Crippen molar-refractivity contribution in [1.82, 2.24) is 0 Å². The molecule has 0 fully saturated rings. The molecule has 98 valence electrons. The second-order valence-electron chi connectivity index (χ2n) is 2.57. The zero-order valence-electron chi connectivity index (χ0n) is 9.00. The molecule has 0 unspecified atom stereocenters. The SMILES string of the molecule is O=[N+]([O-])[O-].O=[N+]([O-])[O-].[NH3+]CCCCCC[NH3+]. The molecule has 10 heteroatoms. The molecule has 10 nitrogen and oxygen atoms in total. The molecule has 0 aromatic carbocycles. The van der Waals surface area contributed by atoms with E-state index < -0.39 is 10.2 Å². The summed E-state index contributed by atoms with van der Waals surface area (Å²) in [6.07, 6.45) is 5.28. The molecule has 0 aliphatic heterocycles. The highest BCUT2D eigenvalue weighted by atomic mass is 16.9. The van der Waals surface area contributed by atoms with Gasteiger partial charge < -0.3 is 42.1 Å². The van der Waals surface area contributed by atoms with Gasteiger partial charge in [0.1, 0.15) is 0 Å². The predicted molar refractivity (Wildman–Crippen MR) is 54.7 cm³/mol. The highest BCUT2D eigenvalue weighted by Crippen LogP contribution is 1.94. The number of hydrogen-bond acceptors (Lipinski definition) is 6. The second kappa shape index (κ2) is 19.0. The molecule has 0 saturated heterocycles. The number of quaternary nitrogens is 2. The minimum atomic E-state index is -1.75. The van der Waals surface area contributed by atoms with Crippen LogP contribution < -0.4 is 11.5 Å². The lowest BCUT2D eigenvalue weighted by atomic mass is 10.2. The van der Waals surface area contributed by atoms with Crippen molar-refractivity contribution in [2.24, 2.45) is 0 Å². The van der Waals surface area contributed by atoms with E-state index in [1.807, 2.05) is 0 Å². The van der Waals surface area contributed by atoms with Crippen LogP contribution in [0.1, 0.15) is 25.7 Å². The maximum Gasteiger partial charge on any atom is 0.0739 e. The fraction of sp³-hybridized carbons (Fsp3) is 1.00. The quantitative estimate of drug-likeness (QED) is 0.336. The molecule has 0 atom stereocenters. The molecule has 0 amide bonds. The van der Waals surface area contributed by atoms with Gasteiger partial charge in [0.15, 0.2) is 0 Å². The summed E-state index contributed by atoms with van der Waals surface area (Å²) in [4.78, 5) is 16.5. The summed E-state index contributed by atoms with van der Waals surface area (Å²) in [5.41, 5.74) is 7.54. The lowest BCUT2D eigenvalue weighted by molar-refractivity contribution is -0.403. The van der Waals surface area contributed by atoms with Crippen LogP contribution in [0.3, 0.4) is 0 Å². The zero-order chi connectivity index (χ0) is 13.4. The van der Waals surface area contributed by atoms with Crippen LogP contribution >= 0.6 is 0 Å². The molecule has 0 saturated carbocycles. The first-order valence-corrected chi connectivity index (χ1v) is 4.60. The standard InChI is InChI=1S/C6H16N2.2NO3/c7-5-3-1-2-4-6-8;2*2-1(3)4/h1-8H2;;/q;2*-1/p+2.